The van der Waals surface area contributed by atoms with Crippen LogP contribution in [0.3, 0.4) is 0 Å². The van der Waals surface area contributed by atoms with Gasteiger partial charge in [-0.2, -0.15) is 0 Å². The van der Waals surface area contributed by atoms with Crippen LogP contribution in [0.15, 0.2) is 77.7 Å². The maximum atomic E-state index is 14.5. The molecule has 3 aromatic rings. The Hall–Kier alpha value is -3.79. The second-order valence-corrected chi connectivity index (χ2v) is 11.1. The zero-order valence-corrected chi connectivity index (χ0v) is 22.5. The molecule has 3 aromatic carbocycles. The molecule has 1 N–H and O–H groups in total. The van der Waals surface area contributed by atoms with E-state index in [-0.39, 0.29) is 28.7 Å². The van der Waals surface area contributed by atoms with Gasteiger partial charge in [-0.3, -0.25) is 13.9 Å². The summed E-state index contributed by atoms with van der Waals surface area (Å²) in [5.41, 5.74) is 1.07. The number of carbonyl (C=O) groups excluding carboxylic acids is 2. The van der Waals surface area contributed by atoms with E-state index in [2.05, 4.69) is 5.32 Å². The van der Waals surface area contributed by atoms with Gasteiger partial charge in [0.2, 0.25) is 11.8 Å². The summed E-state index contributed by atoms with van der Waals surface area (Å²) in [4.78, 5) is 27.6. The molecule has 202 valence electrons. The second-order valence-electron chi connectivity index (χ2n) is 9.25. The second kappa shape index (κ2) is 12.2. The highest BCUT2D eigenvalue weighted by atomic mass is 32.2. The maximum Gasteiger partial charge on any atom is 0.264 e. The Kier molecular flexibility index (Phi) is 9.22. The van der Waals surface area contributed by atoms with Crippen molar-refractivity contribution in [2.75, 3.05) is 10.8 Å². The Morgan fingerprint density at radius 2 is 1.50 bits per heavy atom. The van der Waals surface area contributed by atoms with Crippen LogP contribution >= 0.6 is 0 Å². The molecule has 0 radical (unpaired) electrons. The van der Waals surface area contributed by atoms with Gasteiger partial charge in [-0.25, -0.2) is 17.2 Å². The van der Waals surface area contributed by atoms with Gasteiger partial charge in [-0.05, 0) is 70.2 Å². The zero-order valence-electron chi connectivity index (χ0n) is 21.7. The highest BCUT2D eigenvalue weighted by Gasteiger charge is 2.33. The number of sulfonamides is 1. The van der Waals surface area contributed by atoms with Crippen molar-refractivity contribution in [1.29, 1.82) is 0 Å². The van der Waals surface area contributed by atoms with E-state index in [9.17, 15) is 26.8 Å². The average Bonchev–Trinajstić information content (AvgIpc) is 2.86. The van der Waals surface area contributed by atoms with E-state index < -0.39 is 46.1 Å². The highest BCUT2D eigenvalue weighted by Crippen LogP contribution is 2.25. The molecule has 1 atom stereocenters. The third-order valence-corrected chi connectivity index (χ3v) is 7.69. The van der Waals surface area contributed by atoms with Gasteiger partial charge in [0, 0.05) is 18.2 Å². The first-order valence-electron chi connectivity index (χ1n) is 12.1. The number of aryl methyl sites for hydroxylation is 1. The number of amides is 2. The normalized spacial score (nSPS) is 12.2. The zero-order chi connectivity index (χ0) is 28.0. The Morgan fingerprint density at radius 3 is 2.08 bits per heavy atom. The lowest BCUT2D eigenvalue weighted by molar-refractivity contribution is -0.139. The number of halogens is 2. The van der Waals surface area contributed by atoms with Crippen molar-refractivity contribution in [1.82, 2.24) is 10.2 Å². The summed E-state index contributed by atoms with van der Waals surface area (Å²) in [5.74, 6) is -2.35. The highest BCUT2D eigenvalue weighted by molar-refractivity contribution is 7.92. The summed E-state index contributed by atoms with van der Waals surface area (Å²) in [6.45, 7) is 5.86. The Bertz CT molecular complexity index is 1380. The van der Waals surface area contributed by atoms with Crippen LogP contribution in [0, 0.1) is 18.6 Å². The fourth-order valence-corrected chi connectivity index (χ4v) is 5.19. The molecule has 0 heterocycles. The molecular weight excluding hydrogens is 512 g/mol. The maximum absolute atomic E-state index is 14.5. The molecule has 10 heteroatoms. The summed E-state index contributed by atoms with van der Waals surface area (Å²) in [6, 6.07) is 15.4. The fourth-order valence-electron chi connectivity index (χ4n) is 3.77. The van der Waals surface area contributed by atoms with Crippen molar-refractivity contribution in [3.05, 3.63) is 95.6 Å². The third-order valence-electron chi connectivity index (χ3n) is 5.90. The molecule has 7 nitrogen and oxygen atoms in total. The molecule has 0 spiro atoms. The Labute approximate surface area is 222 Å². The number of anilines is 1. The Morgan fingerprint density at radius 1 is 0.895 bits per heavy atom. The van der Waals surface area contributed by atoms with Gasteiger partial charge in [0.25, 0.3) is 10.0 Å². The van der Waals surface area contributed by atoms with E-state index in [1.807, 2.05) is 6.92 Å². The number of benzene rings is 3. The quantitative estimate of drug-likeness (QED) is 0.411. The van der Waals surface area contributed by atoms with Crippen LogP contribution in [0.2, 0.25) is 0 Å². The minimum Gasteiger partial charge on any atom is -0.352 e. The minimum absolute atomic E-state index is 0.0606. The van der Waals surface area contributed by atoms with E-state index in [1.54, 1.807) is 32.0 Å². The monoisotopic (exact) mass is 543 g/mol. The van der Waals surface area contributed by atoms with Gasteiger partial charge in [0.05, 0.1) is 10.6 Å². The summed E-state index contributed by atoms with van der Waals surface area (Å²) >= 11 is 0. The average molecular weight is 544 g/mol. The largest absolute Gasteiger partial charge is 0.352 e. The fraction of sp³-hybridized carbons (Fsp3) is 0.286. The lowest BCUT2D eigenvalue weighted by Gasteiger charge is -2.32. The summed E-state index contributed by atoms with van der Waals surface area (Å²) < 4.78 is 56.4. The number of nitrogens with one attached hydrogen (secondary N) is 1. The van der Waals surface area contributed by atoms with E-state index in [0.717, 1.165) is 26.9 Å². The standard InChI is InChI=1S/C28H31F2N3O4S/c1-19(2)31-28(35)21(4)32(17-22-7-5-6-8-26(22)30)27(34)18-33(24-13-11-23(29)12-14-24)38(36,37)25-15-9-20(3)10-16-25/h5-16,19,21H,17-18H2,1-4H3,(H,31,35)/t21-/m1/s1. The van der Waals surface area contributed by atoms with Gasteiger partial charge in [-0.15, -0.1) is 0 Å². The predicted molar refractivity (Wildman–Crippen MR) is 142 cm³/mol. The van der Waals surface area contributed by atoms with Crippen LogP contribution in [-0.4, -0.2) is 43.8 Å². The van der Waals surface area contributed by atoms with Crippen LogP contribution in [0.1, 0.15) is 31.9 Å². The van der Waals surface area contributed by atoms with Crippen LogP contribution in [0.25, 0.3) is 0 Å². The van der Waals surface area contributed by atoms with Crippen LogP contribution in [0.5, 0.6) is 0 Å². The Balaban J connectivity index is 2.03. The number of hydrogen-bond donors (Lipinski definition) is 1. The van der Waals surface area contributed by atoms with Crippen molar-refractivity contribution in [3.8, 4) is 0 Å². The van der Waals surface area contributed by atoms with Gasteiger partial charge >= 0.3 is 0 Å². The molecule has 38 heavy (non-hydrogen) atoms. The van der Waals surface area contributed by atoms with Gasteiger partial charge < -0.3 is 10.2 Å². The first kappa shape index (κ1) is 28.8. The van der Waals surface area contributed by atoms with E-state index in [1.165, 1.54) is 49.4 Å². The molecular formula is C28H31F2N3O4S. The lowest BCUT2D eigenvalue weighted by atomic mass is 10.1. The van der Waals surface area contributed by atoms with Crippen molar-refractivity contribution in [3.63, 3.8) is 0 Å². The van der Waals surface area contributed by atoms with Crippen LogP contribution in [-0.2, 0) is 26.2 Å². The molecule has 0 unspecified atom stereocenters. The molecule has 2 amide bonds. The van der Waals surface area contributed by atoms with E-state index >= 15 is 0 Å². The predicted octanol–water partition coefficient (Wildman–Crippen LogP) is 4.41. The molecule has 0 aliphatic heterocycles. The van der Waals surface area contributed by atoms with Crippen molar-refractivity contribution < 1.29 is 26.8 Å². The molecule has 0 aliphatic carbocycles. The van der Waals surface area contributed by atoms with Gasteiger partial charge in [-0.1, -0.05) is 35.9 Å². The summed E-state index contributed by atoms with van der Waals surface area (Å²) in [5, 5.41) is 2.73. The van der Waals surface area contributed by atoms with Crippen molar-refractivity contribution >= 4 is 27.5 Å². The first-order chi connectivity index (χ1) is 17.9. The molecule has 0 saturated carbocycles. The summed E-state index contributed by atoms with van der Waals surface area (Å²) in [6.07, 6.45) is 0. The van der Waals surface area contributed by atoms with E-state index in [4.69, 9.17) is 0 Å². The third kappa shape index (κ3) is 6.95. The molecule has 0 bridgehead atoms. The molecule has 0 aliphatic rings. The topological polar surface area (TPSA) is 86.8 Å². The summed E-state index contributed by atoms with van der Waals surface area (Å²) in [7, 11) is -4.27. The number of hydrogen-bond acceptors (Lipinski definition) is 4. The smallest absolute Gasteiger partial charge is 0.264 e. The SMILES string of the molecule is Cc1ccc(S(=O)(=O)N(CC(=O)N(Cc2ccccc2F)[C@H](C)C(=O)NC(C)C)c2ccc(F)cc2)cc1. The number of carbonyl (C=O) groups is 2. The van der Waals surface area contributed by atoms with Gasteiger partial charge in [0.1, 0.15) is 24.2 Å². The van der Waals surface area contributed by atoms with Crippen molar-refractivity contribution in [2.24, 2.45) is 0 Å². The van der Waals surface area contributed by atoms with Gasteiger partial charge in [0.15, 0.2) is 0 Å². The lowest BCUT2D eigenvalue weighted by Crippen LogP contribution is -2.52. The van der Waals surface area contributed by atoms with E-state index in [0.29, 0.717) is 0 Å². The molecule has 0 saturated heterocycles. The van der Waals surface area contributed by atoms with Crippen LogP contribution in [0.4, 0.5) is 14.5 Å². The number of rotatable bonds is 10. The van der Waals surface area contributed by atoms with Crippen molar-refractivity contribution in [2.45, 2.75) is 51.2 Å². The number of nitrogens with zero attached hydrogens (tertiary/aromatic N) is 2. The first-order valence-corrected chi connectivity index (χ1v) is 13.5. The van der Waals surface area contributed by atoms with Crippen LogP contribution < -0.4 is 9.62 Å². The molecule has 0 aromatic heterocycles. The molecule has 3 rings (SSSR count). The minimum atomic E-state index is -4.27. The molecule has 0 fully saturated rings.